The van der Waals surface area contributed by atoms with Crippen molar-refractivity contribution in [2.45, 2.75) is 11.6 Å². The molecule has 1 heterocycles. The van der Waals surface area contributed by atoms with Gasteiger partial charge in [0.05, 0.1) is 11.6 Å². The quantitative estimate of drug-likeness (QED) is 0.491. The highest BCUT2D eigenvalue weighted by atomic mass is 32.2. The molecule has 0 aromatic carbocycles. The molecule has 0 bridgehead atoms. The fraction of sp³-hybridized carbons (Fsp3) is 0.200. The molecule has 1 rings (SSSR count). The standard InChI is InChI=1S/C5H7FN2O2S2/c6-7-2-4-1-5(11)8(3-4)12(9)10/h1,3,7,11-12H,2H2. The molecule has 0 saturated carbocycles. The highest BCUT2D eigenvalue weighted by Crippen LogP contribution is 2.11. The van der Waals surface area contributed by atoms with Crippen molar-refractivity contribution >= 4 is 23.5 Å². The lowest BCUT2D eigenvalue weighted by Crippen LogP contribution is -1.98. The molecule has 1 N–H and O–H groups in total. The molecule has 0 fully saturated rings. The van der Waals surface area contributed by atoms with E-state index in [9.17, 15) is 12.9 Å². The van der Waals surface area contributed by atoms with Crippen LogP contribution in [0.25, 0.3) is 0 Å². The molecule has 0 aliphatic carbocycles. The third kappa shape index (κ3) is 1.99. The lowest BCUT2D eigenvalue weighted by atomic mass is 10.3. The molecule has 0 amide bonds. The third-order valence-corrected chi connectivity index (χ3v) is 2.47. The lowest BCUT2D eigenvalue weighted by Gasteiger charge is -1.90. The summed E-state index contributed by atoms with van der Waals surface area (Å²) in [5, 5.41) is 0.274. The summed E-state index contributed by atoms with van der Waals surface area (Å²) in [6.07, 6.45) is 1.31. The summed E-state index contributed by atoms with van der Waals surface area (Å²) < 4.78 is 33.5. The van der Waals surface area contributed by atoms with Gasteiger partial charge in [-0.3, -0.25) is 0 Å². The minimum atomic E-state index is -2.72. The first-order chi connectivity index (χ1) is 5.65. The molecule has 4 nitrogen and oxygen atoms in total. The Kier molecular flexibility index (Phi) is 3.12. The van der Waals surface area contributed by atoms with Gasteiger partial charge in [0.1, 0.15) is 0 Å². The van der Waals surface area contributed by atoms with Crippen molar-refractivity contribution in [2.24, 2.45) is 0 Å². The molecule has 0 aliphatic rings. The van der Waals surface area contributed by atoms with Crippen molar-refractivity contribution in [1.29, 1.82) is 0 Å². The molecule has 0 atom stereocenters. The first kappa shape index (κ1) is 9.56. The van der Waals surface area contributed by atoms with Gasteiger partial charge in [-0.25, -0.2) is 12.4 Å². The molecule has 0 unspecified atom stereocenters. The van der Waals surface area contributed by atoms with E-state index in [1.165, 1.54) is 17.8 Å². The lowest BCUT2D eigenvalue weighted by molar-refractivity contribution is 0.330. The summed E-state index contributed by atoms with van der Waals surface area (Å²) in [5.41, 5.74) is 1.95. The smallest absolute Gasteiger partial charge is 0.229 e. The third-order valence-electron chi connectivity index (χ3n) is 1.28. The van der Waals surface area contributed by atoms with E-state index >= 15 is 0 Å². The van der Waals surface area contributed by atoms with E-state index in [4.69, 9.17) is 0 Å². The van der Waals surface area contributed by atoms with E-state index in [2.05, 4.69) is 12.6 Å². The van der Waals surface area contributed by atoms with Crippen LogP contribution in [0, 0.1) is 0 Å². The zero-order chi connectivity index (χ0) is 9.14. The SMILES string of the molecule is O=[SH](=O)n1cc(CNF)cc1S. The number of thiol groups is 2. The number of aromatic nitrogens is 1. The highest BCUT2D eigenvalue weighted by Gasteiger charge is 2.02. The Morgan fingerprint density at radius 2 is 2.33 bits per heavy atom. The number of rotatable bonds is 3. The van der Waals surface area contributed by atoms with Crippen LogP contribution in [0.4, 0.5) is 4.48 Å². The summed E-state index contributed by atoms with van der Waals surface area (Å²) in [5.74, 6) is 0. The van der Waals surface area contributed by atoms with Gasteiger partial charge in [-0.15, -0.1) is 17.1 Å². The van der Waals surface area contributed by atoms with Crippen molar-refractivity contribution in [3.8, 4) is 0 Å². The van der Waals surface area contributed by atoms with Crippen LogP contribution in [0.15, 0.2) is 17.3 Å². The maximum absolute atomic E-state index is 11.6. The van der Waals surface area contributed by atoms with Crippen LogP contribution in [0.3, 0.4) is 0 Å². The average molecular weight is 210 g/mol. The van der Waals surface area contributed by atoms with Crippen LogP contribution in [0.2, 0.25) is 0 Å². The number of nitrogens with zero attached hydrogens (tertiary/aromatic N) is 1. The monoisotopic (exact) mass is 210 g/mol. The van der Waals surface area contributed by atoms with E-state index in [1.54, 1.807) is 0 Å². The van der Waals surface area contributed by atoms with Gasteiger partial charge in [0.15, 0.2) is 0 Å². The second kappa shape index (κ2) is 3.92. The summed E-state index contributed by atoms with van der Waals surface area (Å²) in [6, 6.07) is 1.47. The first-order valence-electron chi connectivity index (χ1n) is 3.03. The van der Waals surface area contributed by atoms with Crippen LogP contribution in [0.1, 0.15) is 5.56 Å². The average Bonchev–Trinajstić information content (AvgIpc) is 2.32. The second-order valence-corrected chi connectivity index (χ2v) is 3.46. The predicted octanol–water partition coefficient (Wildman–Crippen LogP) is 0.125. The Hall–Kier alpha value is -0.530. The van der Waals surface area contributed by atoms with Crippen molar-refractivity contribution in [3.05, 3.63) is 17.8 Å². The Bertz CT molecular complexity index is 339. The van der Waals surface area contributed by atoms with Gasteiger partial charge >= 0.3 is 0 Å². The minimum absolute atomic E-state index is 0.0241. The van der Waals surface area contributed by atoms with Crippen LogP contribution < -0.4 is 5.54 Å². The van der Waals surface area contributed by atoms with Crippen molar-refractivity contribution in [1.82, 2.24) is 9.51 Å². The minimum Gasteiger partial charge on any atom is -0.242 e. The molecule has 1 aromatic rings. The van der Waals surface area contributed by atoms with Crippen LogP contribution in [-0.2, 0) is 17.4 Å². The number of hydrogen-bond acceptors (Lipinski definition) is 4. The summed E-state index contributed by atoms with van der Waals surface area (Å²) in [7, 11) is -2.72. The van der Waals surface area contributed by atoms with Gasteiger partial charge in [-0.05, 0) is 11.6 Å². The van der Waals surface area contributed by atoms with Gasteiger partial charge < -0.3 is 0 Å². The van der Waals surface area contributed by atoms with E-state index in [0.29, 0.717) is 5.56 Å². The Morgan fingerprint density at radius 1 is 1.67 bits per heavy atom. The number of halogens is 1. The fourth-order valence-electron chi connectivity index (χ4n) is 0.797. The van der Waals surface area contributed by atoms with Crippen LogP contribution >= 0.6 is 12.6 Å². The molecule has 0 radical (unpaired) electrons. The number of hydrogen-bond donors (Lipinski definition) is 3. The summed E-state index contributed by atoms with van der Waals surface area (Å²) >= 11 is 3.88. The largest absolute Gasteiger partial charge is 0.242 e. The summed E-state index contributed by atoms with van der Waals surface area (Å²) in [4.78, 5) is 0. The van der Waals surface area contributed by atoms with Gasteiger partial charge in [-0.1, -0.05) is 0 Å². The molecule has 0 saturated heterocycles. The zero-order valence-corrected chi connectivity index (χ0v) is 7.69. The molecular weight excluding hydrogens is 203 g/mol. The number of nitrogens with one attached hydrogen (secondary N) is 1. The first-order valence-corrected chi connectivity index (χ1v) is 4.61. The topological polar surface area (TPSA) is 51.1 Å². The van der Waals surface area contributed by atoms with Gasteiger partial charge in [0, 0.05) is 6.20 Å². The Balaban J connectivity index is 3.00. The molecule has 12 heavy (non-hydrogen) atoms. The molecule has 0 spiro atoms. The van der Waals surface area contributed by atoms with Crippen LogP contribution in [0.5, 0.6) is 0 Å². The van der Waals surface area contributed by atoms with Gasteiger partial charge in [0.2, 0.25) is 10.9 Å². The molecule has 1 aromatic heterocycles. The summed E-state index contributed by atoms with van der Waals surface area (Å²) in [6.45, 7) is -0.0241. The molecule has 7 heteroatoms. The Morgan fingerprint density at radius 3 is 2.75 bits per heavy atom. The van der Waals surface area contributed by atoms with Gasteiger partial charge in [-0.2, -0.15) is 5.54 Å². The molecule has 0 aliphatic heterocycles. The van der Waals surface area contributed by atoms with Crippen LogP contribution in [-0.4, -0.2) is 12.4 Å². The maximum atomic E-state index is 11.6. The second-order valence-electron chi connectivity index (χ2n) is 2.10. The van der Waals surface area contributed by atoms with Crippen molar-refractivity contribution in [2.75, 3.05) is 0 Å². The van der Waals surface area contributed by atoms with E-state index in [0.717, 1.165) is 3.97 Å². The zero-order valence-electron chi connectivity index (χ0n) is 5.90. The van der Waals surface area contributed by atoms with Crippen molar-refractivity contribution in [3.63, 3.8) is 0 Å². The molecule has 68 valence electrons. The van der Waals surface area contributed by atoms with Gasteiger partial charge in [0.25, 0.3) is 0 Å². The molecular formula is C5H7FN2O2S2. The fourth-order valence-corrected chi connectivity index (χ4v) is 1.71. The highest BCUT2D eigenvalue weighted by molar-refractivity contribution is 7.81. The van der Waals surface area contributed by atoms with Crippen molar-refractivity contribution < 1.29 is 12.9 Å². The van der Waals surface area contributed by atoms with E-state index in [-0.39, 0.29) is 11.6 Å². The predicted molar refractivity (Wildman–Crippen MR) is 45.3 cm³/mol. The van der Waals surface area contributed by atoms with E-state index in [1.807, 2.05) is 0 Å². The Labute approximate surface area is 75.8 Å². The van der Waals surface area contributed by atoms with E-state index < -0.39 is 10.9 Å². The maximum Gasteiger partial charge on any atom is 0.229 e. The normalized spacial score (nSPS) is 10.9.